The number of hydrogen-bond acceptors (Lipinski definition) is 3. The Balaban J connectivity index is 1.61. The van der Waals surface area contributed by atoms with Crippen LogP contribution in [-0.2, 0) is 0 Å². The molecule has 1 N–H and O–H groups in total. The molecule has 1 aliphatic rings. The second-order valence-electron chi connectivity index (χ2n) is 4.94. The van der Waals surface area contributed by atoms with E-state index in [1.165, 1.54) is 12.1 Å². The lowest BCUT2D eigenvalue weighted by Crippen LogP contribution is -2.44. The third kappa shape index (κ3) is 4.27. The van der Waals surface area contributed by atoms with E-state index < -0.39 is 0 Å². The number of hydrogen-bond donors (Lipinski definition) is 1. The van der Waals surface area contributed by atoms with Gasteiger partial charge in [0.2, 0.25) is 0 Å². The zero-order valence-corrected chi connectivity index (χ0v) is 11.0. The van der Waals surface area contributed by atoms with Crippen molar-refractivity contribution in [2.75, 3.05) is 51.6 Å². The van der Waals surface area contributed by atoms with E-state index in [9.17, 15) is 4.39 Å². The third-order valence-electron chi connectivity index (χ3n) is 3.40. The molecule has 0 amide bonds. The van der Waals surface area contributed by atoms with Gasteiger partial charge in [0, 0.05) is 38.4 Å². The summed E-state index contributed by atoms with van der Waals surface area (Å²) in [5.74, 6) is -0.181. The molecule has 0 radical (unpaired) electrons. The van der Waals surface area contributed by atoms with Gasteiger partial charge in [-0.15, -0.1) is 0 Å². The fourth-order valence-electron chi connectivity index (χ4n) is 2.21. The van der Waals surface area contributed by atoms with E-state index >= 15 is 0 Å². The maximum atomic E-state index is 13.0. The van der Waals surface area contributed by atoms with Crippen LogP contribution in [-0.4, -0.2) is 56.1 Å². The smallest absolute Gasteiger partial charge is 0.125 e. The number of rotatable bonds is 5. The van der Waals surface area contributed by atoms with Gasteiger partial charge < -0.3 is 15.1 Å². The summed E-state index contributed by atoms with van der Waals surface area (Å²) in [4.78, 5) is 4.86. The molecular weight excluding hydrogens is 229 g/mol. The lowest BCUT2D eigenvalue weighted by Gasteiger charge is -2.32. The number of halogens is 1. The largest absolute Gasteiger partial charge is 0.385 e. The minimum absolute atomic E-state index is 0.181. The lowest BCUT2D eigenvalue weighted by atomic mass is 10.3. The van der Waals surface area contributed by atoms with Gasteiger partial charge in [-0.2, -0.15) is 0 Å². The normalized spacial score (nSPS) is 17.9. The van der Waals surface area contributed by atoms with Crippen molar-refractivity contribution in [2.24, 2.45) is 0 Å². The maximum Gasteiger partial charge on any atom is 0.125 e. The molecule has 18 heavy (non-hydrogen) atoms. The van der Waals surface area contributed by atoms with Gasteiger partial charge >= 0.3 is 0 Å². The fraction of sp³-hybridized carbons (Fsp3) is 0.571. The van der Waals surface area contributed by atoms with Gasteiger partial charge in [0.05, 0.1) is 0 Å². The van der Waals surface area contributed by atoms with Gasteiger partial charge in [-0.3, -0.25) is 0 Å². The number of benzene rings is 1. The summed E-state index contributed by atoms with van der Waals surface area (Å²) in [6.45, 7) is 6.67. The van der Waals surface area contributed by atoms with Crippen LogP contribution in [0.5, 0.6) is 0 Å². The molecule has 0 unspecified atom stereocenters. The molecule has 0 saturated carbocycles. The van der Waals surface area contributed by atoms with Crippen molar-refractivity contribution in [3.05, 3.63) is 30.1 Å². The van der Waals surface area contributed by atoms with Crippen LogP contribution in [0.25, 0.3) is 0 Å². The van der Waals surface area contributed by atoms with Gasteiger partial charge in [-0.1, -0.05) is 6.07 Å². The van der Waals surface area contributed by atoms with Gasteiger partial charge in [0.15, 0.2) is 0 Å². The highest BCUT2D eigenvalue weighted by Gasteiger charge is 2.12. The van der Waals surface area contributed by atoms with E-state index in [-0.39, 0.29) is 5.82 Å². The summed E-state index contributed by atoms with van der Waals surface area (Å²) < 4.78 is 13.0. The Bertz CT molecular complexity index is 362. The summed E-state index contributed by atoms with van der Waals surface area (Å²) in [7, 11) is 2.17. The summed E-state index contributed by atoms with van der Waals surface area (Å²) >= 11 is 0. The first-order chi connectivity index (χ1) is 8.74. The zero-order chi connectivity index (χ0) is 12.8. The minimum Gasteiger partial charge on any atom is -0.385 e. The molecule has 0 aliphatic carbocycles. The van der Waals surface area contributed by atoms with Crippen LogP contribution in [0, 0.1) is 5.82 Å². The predicted molar refractivity (Wildman–Crippen MR) is 73.4 cm³/mol. The number of anilines is 1. The van der Waals surface area contributed by atoms with Gasteiger partial charge in [-0.25, -0.2) is 4.39 Å². The molecule has 1 saturated heterocycles. The van der Waals surface area contributed by atoms with Crippen molar-refractivity contribution in [1.29, 1.82) is 0 Å². The van der Waals surface area contributed by atoms with Crippen LogP contribution in [0.3, 0.4) is 0 Å². The summed E-state index contributed by atoms with van der Waals surface area (Å²) in [6.07, 6.45) is 1.10. The summed E-state index contributed by atoms with van der Waals surface area (Å²) in [5.41, 5.74) is 0.869. The van der Waals surface area contributed by atoms with Crippen LogP contribution in [0.4, 0.5) is 10.1 Å². The number of piperazine rings is 1. The standard InChI is InChI=1S/C14H22FN3/c1-17-8-10-18(11-9-17)7-3-6-16-14-5-2-4-13(15)12-14/h2,4-5,12,16H,3,6-11H2,1H3. The first kappa shape index (κ1) is 13.3. The molecule has 1 fully saturated rings. The molecule has 2 rings (SSSR count). The molecule has 1 heterocycles. The summed E-state index contributed by atoms with van der Waals surface area (Å²) in [5, 5.41) is 3.26. The number of nitrogens with zero attached hydrogens (tertiary/aromatic N) is 2. The topological polar surface area (TPSA) is 18.5 Å². The molecule has 3 nitrogen and oxygen atoms in total. The van der Waals surface area contributed by atoms with E-state index in [0.717, 1.165) is 51.4 Å². The van der Waals surface area contributed by atoms with Crippen molar-refractivity contribution in [3.63, 3.8) is 0 Å². The Labute approximate surface area is 109 Å². The SMILES string of the molecule is CN1CCN(CCCNc2cccc(F)c2)CC1. The first-order valence-electron chi connectivity index (χ1n) is 6.64. The quantitative estimate of drug-likeness (QED) is 0.806. The molecule has 1 aliphatic heterocycles. The zero-order valence-electron chi connectivity index (χ0n) is 11.0. The van der Waals surface area contributed by atoms with Crippen LogP contribution < -0.4 is 5.32 Å². The minimum atomic E-state index is -0.181. The maximum absolute atomic E-state index is 13.0. The fourth-order valence-corrected chi connectivity index (χ4v) is 2.21. The number of likely N-dealkylation sites (N-methyl/N-ethyl adjacent to an activating group) is 1. The highest BCUT2D eigenvalue weighted by molar-refractivity contribution is 5.42. The van der Waals surface area contributed by atoms with E-state index in [0.29, 0.717) is 0 Å². The molecule has 0 spiro atoms. The molecule has 4 heteroatoms. The lowest BCUT2D eigenvalue weighted by molar-refractivity contribution is 0.154. The van der Waals surface area contributed by atoms with Crippen molar-refractivity contribution in [2.45, 2.75) is 6.42 Å². The Kier molecular flexibility index (Phi) is 4.96. The second-order valence-corrected chi connectivity index (χ2v) is 4.94. The van der Waals surface area contributed by atoms with Crippen molar-refractivity contribution in [1.82, 2.24) is 9.80 Å². The molecule has 0 aromatic heterocycles. The van der Waals surface area contributed by atoms with Crippen LogP contribution in [0.1, 0.15) is 6.42 Å². The highest BCUT2D eigenvalue weighted by atomic mass is 19.1. The molecule has 100 valence electrons. The van der Waals surface area contributed by atoms with Crippen LogP contribution in [0.15, 0.2) is 24.3 Å². The van der Waals surface area contributed by atoms with Crippen molar-refractivity contribution in [3.8, 4) is 0 Å². The van der Waals surface area contributed by atoms with E-state index in [1.807, 2.05) is 6.07 Å². The Hall–Kier alpha value is -1.13. The van der Waals surface area contributed by atoms with Gasteiger partial charge in [-0.05, 0) is 38.2 Å². The monoisotopic (exact) mass is 251 g/mol. The first-order valence-corrected chi connectivity index (χ1v) is 6.64. The van der Waals surface area contributed by atoms with Crippen molar-refractivity contribution >= 4 is 5.69 Å². The van der Waals surface area contributed by atoms with E-state index in [1.54, 1.807) is 6.07 Å². The highest BCUT2D eigenvalue weighted by Crippen LogP contribution is 2.09. The Morgan fingerprint density at radius 2 is 2.00 bits per heavy atom. The van der Waals surface area contributed by atoms with Crippen LogP contribution >= 0.6 is 0 Å². The Morgan fingerprint density at radius 1 is 1.22 bits per heavy atom. The second kappa shape index (κ2) is 6.71. The Morgan fingerprint density at radius 3 is 2.72 bits per heavy atom. The van der Waals surface area contributed by atoms with E-state index in [2.05, 4.69) is 22.2 Å². The number of nitrogens with one attached hydrogen (secondary N) is 1. The third-order valence-corrected chi connectivity index (χ3v) is 3.40. The molecule has 0 atom stereocenters. The predicted octanol–water partition coefficient (Wildman–Crippen LogP) is 1.88. The molecule has 1 aromatic rings. The van der Waals surface area contributed by atoms with Gasteiger partial charge in [0.25, 0.3) is 0 Å². The van der Waals surface area contributed by atoms with Gasteiger partial charge in [0.1, 0.15) is 5.82 Å². The molecular formula is C14H22FN3. The van der Waals surface area contributed by atoms with Crippen molar-refractivity contribution < 1.29 is 4.39 Å². The molecule has 0 bridgehead atoms. The van der Waals surface area contributed by atoms with E-state index in [4.69, 9.17) is 0 Å². The van der Waals surface area contributed by atoms with Crippen LogP contribution in [0.2, 0.25) is 0 Å². The average molecular weight is 251 g/mol. The molecule has 1 aromatic carbocycles. The average Bonchev–Trinajstić information content (AvgIpc) is 2.37. The summed E-state index contributed by atoms with van der Waals surface area (Å²) in [6, 6.07) is 6.64.